The molecule has 0 spiro atoms. The molecule has 1 heterocycles. The molecule has 1 rings (SSSR count). The molecule has 2 unspecified atom stereocenters. The summed E-state index contributed by atoms with van der Waals surface area (Å²) in [5.74, 6) is -0.407. The molecule has 0 radical (unpaired) electrons. The molecule has 0 aliphatic heterocycles. The molecule has 0 aromatic carbocycles. The highest BCUT2D eigenvalue weighted by Crippen LogP contribution is 2.14. The number of hydrogen-bond acceptors (Lipinski definition) is 4. The van der Waals surface area contributed by atoms with Crippen LogP contribution in [0.25, 0.3) is 0 Å². The lowest BCUT2D eigenvalue weighted by Gasteiger charge is -2.11. The number of sulfonamides is 1. The van der Waals surface area contributed by atoms with Crippen molar-refractivity contribution in [1.29, 1.82) is 0 Å². The summed E-state index contributed by atoms with van der Waals surface area (Å²) in [6.45, 7) is 4.44. The zero-order chi connectivity index (χ0) is 16.2. The summed E-state index contributed by atoms with van der Waals surface area (Å²) in [6, 6.07) is 1.26. The molecule has 1 amide bonds. The summed E-state index contributed by atoms with van der Waals surface area (Å²) in [5.41, 5.74) is 0.231. The van der Waals surface area contributed by atoms with Crippen molar-refractivity contribution in [3.8, 4) is 0 Å². The van der Waals surface area contributed by atoms with Crippen LogP contribution in [-0.2, 0) is 27.4 Å². The van der Waals surface area contributed by atoms with E-state index in [1.807, 2.05) is 6.92 Å². The monoisotopic (exact) mass is 335 g/mol. The average molecular weight is 335 g/mol. The van der Waals surface area contributed by atoms with Gasteiger partial charge in [0.2, 0.25) is 10.0 Å². The Kier molecular flexibility index (Phi) is 6.11. The Morgan fingerprint density at radius 3 is 2.62 bits per heavy atom. The zero-order valence-corrected chi connectivity index (χ0v) is 14.0. The van der Waals surface area contributed by atoms with Crippen molar-refractivity contribution in [2.45, 2.75) is 37.0 Å². The van der Waals surface area contributed by atoms with Gasteiger partial charge in [0, 0.05) is 41.6 Å². The van der Waals surface area contributed by atoms with Crippen LogP contribution in [0.4, 0.5) is 0 Å². The van der Waals surface area contributed by atoms with Crippen LogP contribution < -0.4 is 10.5 Å². The fraction of sp³-hybridized carbons (Fsp3) is 0.583. The SMILES string of the molecule is CCCn1cc(S(N)(=O)=O)cc1C(=O)NCC(C)S(C)=O. The quantitative estimate of drug-likeness (QED) is 0.733. The van der Waals surface area contributed by atoms with E-state index in [1.54, 1.807) is 17.7 Å². The van der Waals surface area contributed by atoms with Gasteiger partial charge in [-0.3, -0.25) is 9.00 Å². The summed E-state index contributed by atoms with van der Waals surface area (Å²) in [6.07, 6.45) is 3.67. The molecule has 7 nitrogen and oxygen atoms in total. The van der Waals surface area contributed by atoms with Crippen LogP contribution in [0.2, 0.25) is 0 Å². The van der Waals surface area contributed by atoms with Gasteiger partial charge in [-0.2, -0.15) is 0 Å². The van der Waals surface area contributed by atoms with E-state index in [-0.39, 0.29) is 22.4 Å². The molecule has 0 saturated carbocycles. The molecule has 9 heteroatoms. The van der Waals surface area contributed by atoms with E-state index in [9.17, 15) is 17.4 Å². The summed E-state index contributed by atoms with van der Waals surface area (Å²) in [5, 5.41) is 7.56. The molecule has 0 bridgehead atoms. The maximum absolute atomic E-state index is 12.1. The largest absolute Gasteiger partial charge is 0.350 e. The summed E-state index contributed by atoms with van der Waals surface area (Å²) in [7, 11) is -4.89. The number of carbonyl (C=O) groups is 1. The number of hydrogen-bond donors (Lipinski definition) is 2. The molecular formula is C12H21N3O4S2. The summed E-state index contributed by atoms with van der Waals surface area (Å²) < 4.78 is 35.6. The van der Waals surface area contributed by atoms with Crippen LogP contribution in [0.5, 0.6) is 0 Å². The Hall–Kier alpha value is -1.19. The Labute approximate surface area is 127 Å². The molecular weight excluding hydrogens is 314 g/mol. The van der Waals surface area contributed by atoms with Crippen LogP contribution >= 0.6 is 0 Å². The number of aromatic nitrogens is 1. The summed E-state index contributed by atoms with van der Waals surface area (Å²) in [4.78, 5) is 12.1. The molecule has 120 valence electrons. The van der Waals surface area contributed by atoms with Crippen LogP contribution in [0.1, 0.15) is 30.8 Å². The van der Waals surface area contributed by atoms with Gasteiger partial charge in [0.25, 0.3) is 5.91 Å². The molecule has 21 heavy (non-hydrogen) atoms. The lowest BCUT2D eigenvalue weighted by atomic mass is 10.3. The van der Waals surface area contributed by atoms with E-state index in [4.69, 9.17) is 5.14 Å². The first-order valence-electron chi connectivity index (χ1n) is 6.50. The number of amides is 1. The minimum Gasteiger partial charge on any atom is -0.350 e. The van der Waals surface area contributed by atoms with Crippen LogP contribution in [0, 0.1) is 0 Å². The second-order valence-electron chi connectivity index (χ2n) is 4.82. The van der Waals surface area contributed by atoms with Crippen molar-refractivity contribution >= 4 is 26.7 Å². The first kappa shape index (κ1) is 17.9. The van der Waals surface area contributed by atoms with Crippen molar-refractivity contribution < 1.29 is 17.4 Å². The van der Waals surface area contributed by atoms with Gasteiger partial charge in [0.1, 0.15) is 10.6 Å². The van der Waals surface area contributed by atoms with Crippen molar-refractivity contribution in [3.63, 3.8) is 0 Å². The zero-order valence-electron chi connectivity index (χ0n) is 12.3. The van der Waals surface area contributed by atoms with Crippen molar-refractivity contribution in [3.05, 3.63) is 18.0 Å². The molecule has 0 aliphatic carbocycles. The second-order valence-corrected chi connectivity index (χ2v) is 8.18. The van der Waals surface area contributed by atoms with Gasteiger partial charge < -0.3 is 9.88 Å². The molecule has 0 fully saturated rings. The van der Waals surface area contributed by atoms with Crippen molar-refractivity contribution in [2.24, 2.45) is 5.14 Å². The van der Waals surface area contributed by atoms with E-state index in [2.05, 4.69) is 5.32 Å². The predicted molar refractivity (Wildman–Crippen MR) is 82.0 cm³/mol. The first-order chi connectivity index (χ1) is 9.66. The highest BCUT2D eigenvalue weighted by Gasteiger charge is 2.19. The van der Waals surface area contributed by atoms with E-state index in [1.165, 1.54) is 12.3 Å². The van der Waals surface area contributed by atoms with E-state index in [0.717, 1.165) is 6.42 Å². The number of nitrogens with one attached hydrogen (secondary N) is 1. The topological polar surface area (TPSA) is 111 Å². The lowest BCUT2D eigenvalue weighted by Crippen LogP contribution is -2.33. The number of nitrogens with zero attached hydrogens (tertiary/aromatic N) is 1. The van der Waals surface area contributed by atoms with Gasteiger partial charge in [0.15, 0.2) is 0 Å². The highest BCUT2D eigenvalue weighted by molar-refractivity contribution is 7.89. The third kappa shape index (κ3) is 4.94. The van der Waals surface area contributed by atoms with Crippen LogP contribution in [0.15, 0.2) is 17.2 Å². The van der Waals surface area contributed by atoms with Gasteiger partial charge in [0.05, 0.1) is 0 Å². The number of aryl methyl sites for hydroxylation is 1. The van der Waals surface area contributed by atoms with Gasteiger partial charge in [-0.1, -0.05) is 6.92 Å². The molecule has 0 saturated heterocycles. The Balaban J connectivity index is 2.97. The maximum atomic E-state index is 12.1. The Morgan fingerprint density at radius 1 is 1.52 bits per heavy atom. The van der Waals surface area contributed by atoms with Gasteiger partial charge >= 0.3 is 0 Å². The third-order valence-corrected chi connectivity index (χ3v) is 5.19. The lowest BCUT2D eigenvalue weighted by molar-refractivity contribution is 0.0944. The average Bonchev–Trinajstić information content (AvgIpc) is 2.79. The Bertz CT molecular complexity index is 637. The Morgan fingerprint density at radius 2 is 2.14 bits per heavy atom. The number of rotatable bonds is 7. The fourth-order valence-corrected chi connectivity index (χ4v) is 2.57. The predicted octanol–water partition coefficient (Wildman–Crippen LogP) is 0.0423. The summed E-state index contributed by atoms with van der Waals surface area (Å²) >= 11 is 0. The standard InChI is InChI=1S/C12H21N3O4S2/c1-4-5-15-8-10(21(13,18)19)6-11(15)12(16)14-7-9(2)20(3)17/h6,8-9H,4-5,7H2,1-3H3,(H,14,16)(H2,13,18,19). The van der Waals surface area contributed by atoms with Gasteiger partial charge in [-0.15, -0.1) is 0 Å². The molecule has 0 aliphatic rings. The van der Waals surface area contributed by atoms with Crippen LogP contribution in [0.3, 0.4) is 0 Å². The van der Waals surface area contributed by atoms with E-state index in [0.29, 0.717) is 6.54 Å². The second kappa shape index (κ2) is 7.19. The van der Waals surface area contributed by atoms with Gasteiger partial charge in [-0.05, 0) is 19.4 Å². The first-order valence-corrected chi connectivity index (χ1v) is 9.67. The van der Waals surface area contributed by atoms with Crippen molar-refractivity contribution in [1.82, 2.24) is 9.88 Å². The van der Waals surface area contributed by atoms with Crippen LogP contribution in [-0.4, -0.2) is 41.2 Å². The van der Waals surface area contributed by atoms with Gasteiger partial charge in [-0.25, -0.2) is 13.6 Å². The minimum absolute atomic E-state index is 0.0896. The number of carbonyl (C=O) groups excluding carboxylic acids is 1. The maximum Gasteiger partial charge on any atom is 0.267 e. The normalized spacial score (nSPS) is 14.7. The molecule has 1 aromatic rings. The molecule has 3 N–H and O–H groups in total. The van der Waals surface area contributed by atoms with E-state index < -0.39 is 26.7 Å². The van der Waals surface area contributed by atoms with E-state index >= 15 is 0 Å². The number of nitrogens with two attached hydrogens (primary N) is 1. The molecule has 1 aromatic heterocycles. The number of primary sulfonamides is 1. The fourth-order valence-electron chi connectivity index (χ4n) is 1.70. The molecule has 2 atom stereocenters. The third-order valence-electron chi connectivity index (χ3n) is 3.01. The van der Waals surface area contributed by atoms with Crippen molar-refractivity contribution in [2.75, 3.05) is 12.8 Å². The highest BCUT2D eigenvalue weighted by atomic mass is 32.2. The smallest absolute Gasteiger partial charge is 0.267 e. The minimum atomic E-state index is -3.85.